The second-order valence-electron chi connectivity index (χ2n) is 4.98. The minimum Gasteiger partial charge on any atom is -0.330 e. The van der Waals surface area contributed by atoms with Crippen LogP contribution in [0.15, 0.2) is 36.5 Å². The first-order valence-electron chi connectivity index (χ1n) is 6.63. The fraction of sp³-hybridized carbons (Fsp3) is 0.400. The van der Waals surface area contributed by atoms with Gasteiger partial charge in [0, 0.05) is 19.2 Å². The highest BCUT2D eigenvalue weighted by molar-refractivity contribution is 5.55. The highest BCUT2D eigenvalue weighted by atomic mass is 15.2. The Bertz CT molecular complexity index is 510. The first-order chi connectivity index (χ1) is 8.84. The molecule has 0 amide bonds. The predicted octanol–water partition coefficient (Wildman–Crippen LogP) is 2.68. The van der Waals surface area contributed by atoms with E-state index in [1.165, 1.54) is 37.2 Å². The van der Waals surface area contributed by atoms with E-state index in [1.807, 2.05) is 12.3 Å². The van der Waals surface area contributed by atoms with Crippen LogP contribution in [0.5, 0.6) is 0 Å². The van der Waals surface area contributed by atoms with Crippen molar-refractivity contribution in [3.05, 3.63) is 42.2 Å². The van der Waals surface area contributed by atoms with Crippen LogP contribution < -0.4 is 0 Å². The number of hydrogen-bond acceptors (Lipinski definition) is 2. The molecular formula is C15H19N3. The lowest BCUT2D eigenvalue weighted by atomic mass is 10.2. The molecule has 2 heterocycles. The molecule has 0 bridgehead atoms. The zero-order valence-corrected chi connectivity index (χ0v) is 10.8. The van der Waals surface area contributed by atoms with Gasteiger partial charge in [0.2, 0.25) is 0 Å². The highest BCUT2D eigenvalue weighted by Gasteiger charge is 2.15. The lowest BCUT2D eigenvalue weighted by Crippen LogP contribution is -2.20. The van der Waals surface area contributed by atoms with Crippen molar-refractivity contribution in [3.8, 4) is 11.4 Å². The van der Waals surface area contributed by atoms with Crippen molar-refractivity contribution in [2.45, 2.75) is 19.4 Å². The lowest BCUT2D eigenvalue weighted by molar-refractivity contribution is 0.323. The van der Waals surface area contributed by atoms with E-state index in [0.29, 0.717) is 0 Å². The highest BCUT2D eigenvalue weighted by Crippen LogP contribution is 2.20. The first kappa shape index (κ1) is 11.5. The molecular weight excluding hydrogens is 222 g/mol. The van der Waals surface area contributed by atoms with E-state index in [9.17, 15) is 0 Å². The number of rotatable bonds is 3. The molecule has 0 aliphatic carbocycles. The molecule has 1 saturated heterocycles. The molecule has 18 heavy (non-hydrogen) atoms. The second-order valence-corrected chi connectivity index (χ2v) is 4.98. The van der Waals surface area contributed by atoms with Gasteiger partial charge in [-0.1, -0.05) is 30.3 Å². The van der Waals surface area contributed by atoms with Crippen molar-refractivity contribution in [2.75, 3.05) is 13.1 Å². The van der Waals surface area contributed by atoms with Crippen LogP contribution >= 0.6 is 0 Å². The summed E-state index contributed by atoms with van der Waals surface area (Å²) in [5.74, 6) is 1.06. The molecule has 1 fully saturated rings. The molecule has 0 atom stereocenters. The maximum Gasteiger partial charge on any atom is 0.139 e. The molecule has 0 N–H and O–H groups in total. The molecule has 3 rings (SSSR count). The van der Waals surface area contributed by atoms with E-state index in [1.54, 1.807) is 0 Å². The van der Waals surface area contributed by atoms with E-state index < -0.39 is 0 Å². The van der Waals surface area contributed by atoms with Gasteiger partial charge in [0.25, 0.3) is 0 Å². The smallest absolute Gasteiger partial charge is 0.139 e. The third kappa shape index (κ3) is 2.18. The second kappa shape index (κ2) is 4.94. The number of nitrogens with zero attached hydrogens (tertiary/aromatic N) is 3. The maximum absolute atomic E-state index is 4.56. The summed E-state index contributed by atoms with van der Waals surface area (Å²) in [5, 5.41) is 0. The molecule has 94 valence electrons. The molecule has 0 saturated carbocycles. The van der Waals surface area contributed by atoms with E-state index in [2.05, 4.69) is 45.8 Å². The van der Waals surface area contributed by atoms with Gasteiger partial charge in [-0.25, -0.2) is 4.98 Å². The fourth-order valence-corrected chi connectivity index (χ4v) is 2.62. The van der Waals surface area contributed by atoms with Crippen molar-refractivity contribution in [1.82, 2.24) is 14.5 Å². The van der Waals surface area contributed by atoms with Crippen LogP contribution in [0.3, 0.4) is 0 Å². The number of benzene rings is 1. The Morgan fingerprint density at radius 1 is 1.11 bits per heavy atom. The van der Waals surface area contributed by atoms with Crippen LogP contribution in [0.2, 0.25) is 0 Å². The summed E-state index contributed by atoms with van der Waals surface area (Å²) in [5.41, 5.74) is 2.49. The standard InChI is InChI=1S/C15H19N3/c1-17-14(12-18-9-5-6-10-18)11-16-15(17)13-7-3-2-4-8-13/h2-4,7-8,11H,5-6,9-10,12H2,1H3. The van der Waals surface area contributed by atoms with Gasteiger partial charge in [-0.3, -0.25) is 4.90 Å². The van der Waals surface area contributed by atoms with Gasteiger partial charge in [0.05, 0.1) is 11.9 Å². The Kier molecular flexibility index (Phi) is 3.15. The van der Waals surface area contributed by atoms with Crippen LogP contribution in [0.4, 0.5) is 0 Å². The van der Waals surface area contributed by atoms with Crippen molar-refractivity contribution < 1.29 is 0 Å². The van der Waals surface area contributed by atoms with Gasteiger partial charge in [-0.15, -0.1) is 0 Å². The summed E-state index contributed by atoms with van der Waals surface area (Å²) in [6.07, 6.45) is 4.69. The molecule has 2 aromatic rings. The van der Waals surface area contributed by atoms with Gasteiger partial charge in [0.1, 0.15) is 5.82 Å². The topological polar surface area (TPSA) is 21.1 Å². The van der Waals surface area contributed by atoms with E-state index >= 15 is 0 Å². The fourth-order valence-electron chi connectivity index (χ4n) is 2.62. The van der Waals surface area contributed by atoms with E-state index in [0.717, 1.165) is 12.4 Å². The Labute approximate surface area is 108 Å². The van der Waals surface area contributed by atoms with E-state index in [4.69, 9.17) is 0 Å². The van der Waals surface area contributed by atoms with E-state index in [-0.39, 0.29) is 0 Å². The van der Waals surface area contributed by atoms with Crippen molar-refractivity contribution in [2.24, 2.45) is 7.05 Å². The van der Waals surface area contributed by atoms with Gasteiger partial charge in [-0.05, 0) is 25.9 Å². The van der Waals surface area contributed by atoms with Gasteiger partial charge in [-0.2, -0.15) is 0 Å². The third-order valence-corrected chi connectivity index (χ3v) is 3.70. The largest absolute Gasteiger partial charge is 0.330 e. The summed E-state index contributed by atoms with van der Waals surface area (Å²) in [4.78, 5) is 7.07. The summed E-state index contributed by atoms with van der Waals surface area (Å²) in [6.45, 7) is 3.48. The minimum absolute atomic E-state index is 1.02. The molecule has 0 spiro atoms. The minimum atomic E-state index is 1.02. The molecule has 0 unspecified atom stereocenters. The zero-order chi connectivity index (χ0) is 12.4. The Balaban J connectivity index is 1.83. The van der Waals surface area contributed by atoms with Gasteiger partial charge in [0.15, 0.2) is 0 Å². The molecule has 1 aliphatic heterocycles. The summed E-state index contributed by atoms with van der Waals surface area (Å²) >= 11 is 0. The van der Waals surface area contributed by atoms with Gasteiger partial charge < -0.3 is 4.57 Å². The average Bonchev–Trinajstić information content (AvgIpc) is 3.03. The van der Waals surface area contributed by atoms with Crippen molar-refractivity contribution in [1.29, 1.82) is 0 Å². The monoisotopic (exact) mass is 241 g/mol. The Hall–Kier alpha value is -1.61. The van der Waals surface area contributed by atoms with Crippen LogP contribution in [-0.4, -0.2) is 27.5 Å². The van der Waals surface area contributed by atoms with Crippen LogP contribution in [0, 0.1) is 0 Å². The number of likely N-dealkylation sites (tertiary alicyclic amines) is 1. The maximum atomic E-state index is 4.56. The van der Waals surface area contributed by atoms with Crippen molar-refractivity contribution in [3.63, 3.8) is 0 Å². The number of imidazole rings is 1. The van der Waals surface area contributed by atoms with Crippen molar-refractivity contribution >= 4 is 0 Å². The SMILES string of the molecule is Cn1c(CN2CCCC2)cnc1-c1ccccc1. The number of hydrogen-bond donors (Lipinski definition) is 0. The van der Waals surface area contributed by atoms with Crippen LogP contribution in [-0.2, 0) is 13.6 Å². The zero-order valence-electron chi connectivity index (χ0n) is 10.8. The molecule has 3 nitrogen and oxygen atoms in total. The molecule has 3 heteroatoms. The molecule has 1 aliphatic rings. The first-order valence-corrected chi connectivity index (χ1v) is 6.63. The molecule has 0 radical (unpaired) electrons. The normalized spacial score (nSPS) is 16.3. The quantitative estimate of drug-likeness (QED) is 0.823. The van der Waals surface area contributed by atoms with Crippen LogP contribution in [0.25, 0.3) is 11.4 Å². The third-order valence-electron chi connectivity index (χ3n) is 3.70. The Morgan fingerprint density at radius 2 is 1.83 bits per heavy atom. The van der Waals surface area contributed by atoms with Crippen LogP contribution in [0.1, 0.15) is 18.5 Å². The predicted molar refractivity (Wildman–Crippen MR) is 73.2 cm³/mol. The summed E-state index contributed by atoms with van der Waals surface area (Å²) in [6, 6.07) is 10.4. The summed E-state index contributed by atoms with van der Waals surface area (Å²) < 4.78 is 2.22. The lowest BCUT2D eigenvalue weighted by Gasteiger charge is -2.15. The van der Waals surface area contributed by atoms with Gasteiger partial charge >= 0.3 is 0 Å². The molecule has 1 aromatic heterocycles. The average molecular weight is 241 g/mol. The molecule has 1 aromatic carbocycles. The number of aromatic nitrogens is 2. The summed E-state index contributed by atoms with van der Waals surface area (Å²) in [7, 11) is 2.11. The Morgan fingerprint density at radius 3 is 2.56 bits per heavy atom.